The van der Waals surface area contributed by atoms with E-state index in [0.29, 0.717) is 21.7 Å². The van der Waals surface area contributed by atoms with Crippen molar-refractivity contribution < 1.29 is 4.39 Å². The summed E-state index contributed by atoms with van der Waals surface area (Å²) < 4.78 is 15.2. The van der Waals surface area contributed by atoms with Crippen LogP contribution >= 0.6 is 35.4 Å². The summed E-state index contributed by atoms with van der Waals surface area (Å²) in [7, 11) is 0. The Bertz CT molecular complexity index is 1030. The van der Waals surface area contributed by atoms with Gasteiger partial charge in [-0.15, -0.1) is 0 Å². The average molecular weight is 435 g/mol. The first-order chi connectivity index (χ1) is 13.4. The van der Waals surface area contributed by atoms with Crippen LogP contribution in [0.5, 0.6) is 0 Å². The van der Waals surface area contributed by atoms with E-state index in [2.05, 4.69) is 15.8 Å². The van der Waals surface area contributed by atoms with Gasteiger partial charge in [0.2, 0.25) is 0 Å². The van der Waals surface area contributed by atoms with Gasteiger partial charge in [-0.3, -0.25) is 5.43 Å². The molecule has 4 nitrogen and oxygen atoms in total. The number of rotatable bonds is 5. The van der Waals surface area contributed by atoms with Crippen molar-refractivity contribution in [2.45, 2.75) is 13.5 Å². The second-order valence-corrected chi connectivity index (χ2v) is 7.26. The third kappa shape index (κ3) is 5.10. The van der Waals surface area contributed by atoms with Gasteiger partial charge in [-0.25, -0.2) is 4.39 Å². The van der Waals surface area contributed by atoms with E-state index < -0.39 is 0 Å². The maximum Gasteiger partial charge on any atom is 0.191 e. The molecule has 0 bridgehead atoms. The predicted octanol–water partition coefficient (Wildman–Crippen LogP) is 5.61. The second kappa shape index (κ2) is 9.19. The van der Waals surface area contributed by atoms with Crippen molar-refractivity contribution in [2.24, 2.45) is 5.10 Å². The quantitative estimate of drug-likeness (QED) is 0.311. The number of benzene rings is 2. The van der Waals surface area contributed by atoms with E-state index in [0.717, 1.165) is 22.5 Å². The van der Waals surface area contributed by atoms with Crippen LogP contribution in [0.4, 0.5) is 10.1 Å². The minimum absolute atomic E-state index is 0.348. The number of anilines is 1. The number of aromatic nitrogens is 1. The molecule has 0 spiro atoms. The molecule has 0 aliphatic heterocycles. The molecule has 28 heavy (non-hydrogen) atoms. The van der Waals surface area contributed by atoms with Gasteiger partial charge < -0.3 is 9.88 Å². The van der Waals surface area contributed by atoms with Gasteiger partial charge in [0.05, 0.1) is 11.9 Å². The average Bonchev–Trinajstić information content (AvgIpc) is 3.08. The van der Waals surface area contributed by atoms with Crippen molar-refractivity contribution in [3.63, 3.8) is 0 Å². The summed E-state index contributed by atoms with van der Waals surface area (Å²) in [6.07, 6.45) is 3.54. The van der Waals surface area contributed by atoms with Crippen LogP contribution in [0.1, 0.15) is 16.8 Å². The highest BCUT2D eigenvalue weighted by Gasteiger charge is 2.06. The first kappa shape index (κ1) is 20.3. The van der Waals surface area contributed by atoms with Gasteiger partial charge in [-0.1, -0.05) is 35.3 Å². The molecule has 0 unspecified atom stereocenters. The summed E-state index contributed by atoms with van der Waals surface area (Å²) in [6, 6.07) is 13.7. The van der Waals surface area contributed by atoms with Gasteiger partial charge in [-0.05, 0) is 66.7 Å². The van der Waals surface area contributed by atoms with E-state index in [4.69, 9.17) is 35.4 Å². The van der Waals surface area contributed by atoms with Gasteiger partial charge >= 0.3 is 0 Å². The molecule has 8 heteroatoms. The Morgan fingerprint density at radius 1 is 1.18 bits per heavy atom. The van der Waals surface area contributed by atoms with Crippen molar-refractivity contribution in [2.75, 3.05) is 5.32 Å². The van der Waals surface area contributed by atoms with Crippen molar-refractivity contribution in [1.82, 2.24) is 9.99 Å². The number of hydrogen-bond acceptors (Lipinski definition) is 2. The topological polar surface area (TPSA) is 41.4 Å². The molecule has 0 saturated heterocycles. The lowest BCUT2D eigenvalue weighted by Crippen LogP contribution is -2.24. The number of hydrazone groups is 1. The SMILES string of the molecule is Cc1c(Cl)cccc1NC(=S)N/N=C/c1cccn1Cc1ccc(F)cc1Cl. The molecule has 2 N–H and O–H groups in total. The molecule has 0 aliphatic rings. The fourth-order valence-corrected chi connectivity index (χ4v) is 3.14. The van der Waals surface area contributed by atoms with Crippen LogP contribution in [0.15, 0.2) is 59.8 Å². The molecule has 2 aromatic carbocycles. The van der Waals surface area contributed by atoms with Crippen LogP contribution in [0.3, 0.4) is 0 Å². The van der Waals surface area contributed by atoms with E-state index in [9.17, 15) is 4.39 Å². The van der Waals surface area contributed by atoms with E-state index in [1.807, 2.05) is 48.0 Å². The molecule has 144 valence electrons. The van der Waals surface area contributed by atoms with Gasteiger partial charge in [0.15, 0.2) is 5.11 Å². The van der Waals surface area contributed by atoms with Crippen molar-refractivity contribution in [3.05, 3.63) is 87.4 Å². The summed E-state index contributed by atoms with van der Waals surface area (Å²) in [6.45, 7) is 2.40. The molecule has 0 saturated carbocycles. The lowest BCUT2D eigenvalue weighted by atomic mass is 10.2. The minimum atomic E-state index is -0.358. The fraction of sp³-hybridized carbons (Fsp3) is 0.100. The first-order valence-corrected chi connectivity index (χ1v) is 9.54. The molecule has 0 atom stereocenters. The Kier molecular flexibility index (Phi) is 6.67. The van der Waals surface area contributed by atoms with Crippen molar-refractivity contribution in [3.8, 4) is 0 Å². The van der Waals surface area contributed by atoms with Gasteiger partial charge in [0, 0.05) is 28.5 Å². The lowest BCUT2D eigenvalue weighted by Gasteiger charge is -2.11. The molecule has 0 radical (unpaired) electrons. The Hall–Kier alpha value is -2.41. The number of nitrogens with one attached hydrogen (secondary N) is 2. The molecular formula is C20H17Cl2FN4S. The number of nitrogens with zero attached hydrogens (tertiary/aromatic N) is 2. The van der Waals surface area contributed by atoms with E-state index in [1.54, 1.807) is 12.3 Å². The maximum atomic E-state index is 13.2. The largest absolute Gasteiger partial charge is 0.342 e. The first-order valence-electron chi connectivity index (χ1n) is 8.38. The maximum absolute atomic E-state index is 13.2. The molecular weight excluding hydrogens is 418 g/mol. The van der Waals surface area contributed by atoms with Gasteiger partial charge in [0.25, 0.3) is 0 Å². The van der Waals surface area contributed by atoms with E-state index in [1.165, 1.54) is 12.1 Å². The summed E-state index contributed by atoms with van der Waals surface area (Å²) in [5, 5.41) is 8.63. The monoisotopic (exact) mass is 434 g/mol. The summed E-state index contributed by atoms with van der Waals surface area (Å²) >= 11 is 17.5. The predicted molar refractivity (Wildman–Crippen MR) is 118 cm³/mol. The summed E-state index contributed by atoms with van der Waals surface area (Å²) in [4.78, 5) is 0. The molecule has 0 fully saturated rings. The van der Waals surface area contributed by atoms with Crippen LogP contribution in [-0.4, -0.2) is 15.9 Å². The second-order valence-electron chi connectivity index (χ2n) is 6.03. The number of thiocarbonyl (C=S) groups is 1. The Morgan fingerprint density at radius 3 is 2.79 bits per heavy atom. The molecule has 3 rings (SSSR count). The van der Waals surface area contributed by atoms with Crippen LogP contribution in [-0.2, 0) is 6.54 Å². The minimum Gasteiger partial charge on any atom is -0.342 e. The Balaban J connectivity index is 1.63. The normalized spacial score (nSPS) is 11.0. The highest BCUT2D eigenvalue weighted by molar-refractivity contribution is 7.80. The van der Waals surface area contributed by atoms with E-state index >= 15 is 0 Å². The number of halogens is 3. The standard InChI is InChI=1S/C20H17Cl2FN4S/c1-13-17(21)5-2-6-19(13)25-20(28)26-24-11-16-4-3-9-27(16)12-14-7-8-15(23)10-18(14)22/h2-11H,12H2,1H3,(H2,25,26,28)/b24-11+. The zero-order valence-electron chi connectivity index (χ0n) is 14.9. The lowest BCUT2D eigenvalue weighted by molar-refractivity contribution is 0.626. The molecule has 1 heterocycles. The zero-order chi connectivity index (χ0) is 20.1. The Morgan fingerprint density at radius 2 is 2.00 bits per heavy atom. The summed E-state index contributed by atoms with van der Waals surface area (Å²) in [5.41, 5.74) is 6.16. The third-order valence-corrected chi connectivity index (χ3v) is 5.05. The van der Waals surface area contributed by atoms with E-state index in [-0.39, 0.29) is 5.82 Å². The molecule has 1 aromatic heterocycles. The zero-order valence-corrected chi connectivity index (χ0v) is 17.2. The highest BCUT2D eigenvalue weighted by atomic mass is 35.5. The van der Waals surface area contributed by atoms with Crippen LogP contribution in [0.2, 0.25) is 10.0 Å². The molecule has 3 aromatic rings. The number of hydrogen-bond donors (Lipinski definition) is 2. The molecule has 0 aliphatic carbocycles. The van der Waals surface area contributed by atoms with Gasteiger partial charge in [-0.2, -0.15) is 5.10 Å². The van der Waals surface area contributed by atoms with Crippen molar-refractivity contribution >= 4 is 52.4 Å². The fourth-order valence-electron chi connectivity index (χ4n) is 2.57. The Labute approximate surface area is 178 Å². The van der Waals surface area contributed by atoms with Crippen LogP contribution < -0.4 is 10.7 Å². The highest BCUT2D eigenvalue weighted by Crippen LogP contribution is 2.22. The van der Waals surface area contributed by atoms with Gasteiger partial charge in [0.1, 0.15) is 5.82 Å². The van der Waals surface area contributed by atoms with Crippen LogP contribution in [0.25, 0.3) is 0 Å². The van der Waals surface area contributed by atoms with Crippen LogP contribution in [0, 0.1) is 12.7 Å². The van der Waals surface area contributed by atoms with Crippen molar-refractivity contribution in [1.29, 1.82) is 0 Å². The smallest absolute Gasteiger partial charge is 0.191 e. The summed E-state index contributed by atoms with van der Waals surface area (Å²) in [5.74, 6) is -0.358. The third-order valence-electron chi connectivity index (χ3n) is 4.10. The molecule has 0 amide bonds.